The Balaban J connectivity index is 2.42. The monoisotopic (exact) mass is 230 g/mol. The summed E-state index contributed by atoms with van der Waals surface area (Å²) < 4.78 is 4.70. The van der Waals surface area contributed by atoms with Gasteiger partial charge in [-0.15, -0.1) is 0 Å². The molecule has 16 heavy (non-hydrogen) atoms. The molecule has 1 unspecified atom stereocenters. The standard InChI is InChI=1S/C10H18N2O4/c1-16-7(8(13)14)6-12-9(15)10(11)4-2-3-5-10/h7H,2-6,11H2,1H3,(H,12,15)(H,13,14). The molecule has 0 bridgehead atoms. The molecule has 92 valence electrons. The van der Waals surface area contributed by atoms with Gasteiger partial charge in [0.25, 0.3) is 0 Å². The van der Waals surface area contributed by atoms with Crippen molar-refractivity contribution in [3.8, 4) is 0 Å². The summed E-state index contributed by atoms with van der Waals surface area (Å²) in [5.74, 6) is -1.38. The third-order valence-corrected chi connectivity index (χ3v) is 2.96. The Bertz CT molecular complexity index is 274. The number of methoxy groups -OCH3 is 1. The molecule has 0 aromatic rings. The van der Waals surface area contributed by atoms with Crippen molar-refractivity contribution in [2.45, 2.75) is 37.3 Å². The fourth-order valence-corrected chi connectivity index (χ4v) is 1.87. The summed E-state index contributed by atoms with van der Waals surface area (Å²) in [7, 11) is 1.29. The minimum absolute atomic E-state index is 0.0520. The van der Waals surface area contributed by atoms with E-state index in [1.165, 1.54) is 7.11 Å². The van der Waals surface area contributed by atoms with E-state index < -0.39 is 17.6 Å². The fraction of sp³-hybridized carbons (Fsp3) is 0.800. The van der Waals surface area contributed by atoms with Crippen molar-refractivity contribution >= 4 is 11.9 Å². The summed E-state index contributed by atoms with van der Waals surface area (Å²) in [5, 5.41) is 11.2. The lowest BCUT2D eigenvalue weighted by Gasteiger charge is -2.23. The van der Waals surface area contributed by atoms with Crippen LogP contribution in [0.2, 0.25) is 0 Å². The minimum Gasteiger partial charge on any atom is -0.479 e. The average Bonchev–Trinajstić information content (AvgIpc) is 2.66. The van der Waals surface area contributed by atoms with Crippen LogP contribution in [0, 0.1) is 0 Å². The van der Waals surface area contributed by atoms with E-state index in [2.05, 4.69) is 5.32 Å². The van der Waals surface area contributed by atoms with E-state index in [-0.39, 0.29) is 12.5 Å². The van der Waals surface area contributed by atoms with Gasteiger partial charge in [-0.25, -0.2) is 4.79 Å². The first kappa shape index (κ1) is 12.9. The molecule has 6 heteroatoms. The van der Waals surface area contributed by atoms with Crippen molar-refractivity contribution in [2.75, 3.05) is 13.7 Å². The molecule has 1 aliphatic rings. The average molecular weight is 230 g/mol. The van der Waals surface area contributed by atoms with Crippen LogP contribution in [0.3, 0.4) is 0 Å². The van der Waals surface area contributed by atoms with Crippen LogP contribution in [0.4, 0.5) is 0 Å². The second-order valence-electron chi connectivity index (χ2n) is 4.14. The molecule has 1 aliphatic carbocycles. The number of carbonyl (C=O) groups excluding carboxylic acids is 1. The first-order chi connectivity index (χ1) is 7.49. The lowest BCUT2D eigenvalue weighted by atomic mass is 9.98. The molecule has 1 fully saturated rings. The van der Waals surface area contributed by atoms with Crippen LogP contribution in [-0.2, 0) is 14.3 Å². The maximum absolute atomic E-state index is 11.7. The molecule has 4 N–H and O–H groups in total. The Morgan fingerprint density at radius 3 is 2.50 bits per heavy atom. The van der Waals surface area contributed by atoms with Crippen molar-refractivity contribution in [1.82, 2.24) is 5.32 Å². The van der Waals surface area contributed by atoms with Crippen molar-refractivity contribution in [3.63, 3.8) is 0 Å². The number of nitrogens with one attached hydrogen (secondary N) is 1. The summed E-state index contributed by atoms with van der Waals surface area (Å²) in [6.07, 6.45) is 2.18. The van der Waals surface area contributed by atoms with Crippen molar-refractivity contribution in [3.05, 3.63) is 0 Å². The third-order valence-electron chi connectivity index (χ3n) is 2.96. The smallest absolute Gasteiger partial charge is 0.334 e. The van der Waals surface area contributed by atoms with Gasteiger partial charge in [0, 0.05) is 7.11 Å². The predicted octanol–water partition coefficient (Wildman–Crippen LogP) is -0.526. The Kier molecular flexibility index (Phi) is 4.26. The molecule has 0 aromatic heterocycles. The number of carboxylic acid groups (broad SMARTS) is 1. The van der Waals surface area contributed by atoms with E-state index >= 15 is 0 Å². The topological polar surface area (TPSA) is 102 Å². The Labute approximate surface area is 94.1 Å². The van der Waals surface area contributed by atoms with Crippen LogP contribution >= 0.6 is 0 Å². The summed E-state index contributed by atoms with van der Waals surface area (Å²) in [5.41, 5.74) is 5.08. The highest BCUT2D eigenvalue weighted by Crippen LogP contribution is 2.27. The fourth-order valence-electron chi connectivity index (χ4n) is 1.87. The van der Waals surface area contributed by atoms with Crippen LogP contribution in [0.5, 0.6) is 0 Å². The van der Waals surface area contributed by atoms with Crippen molar-refractivity contribution < 1.29 is 19.4 Å². The van der Waals surface area contributed by atoms with Crippen LogP contribution < -0.4 is 11.1 Å². The van der Waals surface area contributed by atoms with E-state index in [1.807, 2.05) is 0 Å². The third kappa shape index (κ3) is 2.93. The van der Waals surface area contributed by atoms with E-state index in [0.29, 0.717) is 12.8 Å². The molecule has 1 rings (SSSR count). The number of carboxylic acids is 1. The molecule has 0 saturated heterocycles. The molecule has 0 spiro atoms. The molecular weight excluding hydrogens is 212 g/mol. The molecule has 0 heterocycles. The number of ether oxygens (including phenoxy) is 1. The lowest BCUT2D eigenvalue weighted by molar-refractivity contribution is -0.148. The number of hydrogen-bond acceptors (Lipinski definition) is 4. The molecule has 6 nitrogen and oxygen atoms in total. The Hall–Kier alpha value is -1.14. The Morgan fingerprint density at radius 1 is 1.50 bits per heavy atom. The van der Waals surface area contributed by atoms with Crippen molar-refractivity contribution in [1.29, 1.82) is 0 Å². The first-order valence-electron chi connectivity index (χ1n) is 5.32. The zero-order valence-electron chi connectivity index (χ0n) is 9.36. The van der Waals surface area contributed by atoms with Gasteiger partial charge >= 0.3 is 5.97 Å². The second kappa shape index (κ2) is 5.27. The second-order valence-corrected chi connectivity index (χ2v) is 4.14. The van der Waals surface area contributed by atoms with E-state index in [4.69, 9.17) is 15.6 Å². The van der Waals surface area contributed by atoms with E-state index in [0.717, 1.165) is 12.8 Å². The molecule has 1 amide bonds. The first-order valence-corrected chi connectivity index (χ1v) is 5.32. The highest BCUT2D eigenvalue weighted by atomic mass is 16.5. The van der Waals surface area contributed by atoms with Gasteiger partial charge in [-0.05, 0) is 12.8 Å². The van der Waals surface area contributed by atoms with Gasteiger partial charge < -0.3 is 20.9 Å². The lowest BCUT2D eigenvalue weighted by Crippen LogP contribution is -2.53. The highest BCUT2D eigenvalue weighted by Gasteiger charge is 2.37. The number of amides is 1. The highest BCUT2D eigenvalue weighted by molar-refractivity contribution is 5.87. The van der Waals surface area contributed by atoms with Gasteiger partial charge in [0.05, 0.1) is 12.1 Å². The number of hydrogen-bond donors (Lipinski definition) is 3. The van der Waals surface area contributed by atoms with Gasteiger partial charge in [0.1, 0.15) is 0 Å². The normalized spacial score (nSPS) is 20.4. The van der Waals surface area contributed by atoms with Crippen LogP contribution in [-0.4, -0.2) is 42.3 Å². The summed E-state index contributed by atoms with van der Waals surface area (Å²) in [4.78, 5) is 22.4. The van der Waals surface area contributed by atoms with Crippen LogP contribution in [0.25, 0.3) is 0 Å². The van der Waals surface area contributed by atoms with Crippen LogP contribution in [0.1, 0.15) is 25.7 Å². The molecule has 0 aliphatic heterocycles. The number of aliphatic carboxylic acids is 1. The molecule has 1 saturated carbocycles. The predicted molar refractivity (Wildman–Crippen MR) is 56.8 cm³/mol. The molecular formula is C10H18N2O4. The van der Waals surface area contributed by atoms with Gasteiger partial charge in [0.15, 0.2) is 6.10 Å². The van der Waals surface area contributed by atoms with Gasteiger partial charge in [-0.2, -0.15) is 0 Å². The van der Waals surface area contributed by atoms with Gasteiger partial charge in [-0.1, -0.05) is 12.8 Å². The van der Waals surface area contributed by atoms with Gasteiger partial charge in [0.2, 0.25) is 5.91 Å². The number of carbonyl (C=O) groups is 2. The maximum Gasteiger partial charge on any atom is 0.334 e. The molecule has 1 atom stereocenters. The van der Waals surface area contributed by atoms with E-state index in [1.54, 1.807) is 0 Å². The summed E-state index contributed by atoms with van der Waals surface area (Å²) in [6.45, 7) is -0.0520. The summed E-state index contributed by atoms with van der Waals surface area (Å²) in [6, 6.07) is 0. The maximum atomic E-state index is 11.7. The minimum atomic E-state index is -1.10. The van der Waals surface area contributed by atoms with Gasteiger partial charge in [-0.3, -0.25) is 4.79 Å². The van der Waals surface area contributed by atoms with Crippen LogP contribution in [0.15, 0.2) is 0 Å². The Morgan fingerprint density at radius 2 is 2.06 bits per heavy atom. The van der Waals surface area contributed by atoms with Crippen molar-refractivity contribution in [2.24, 2.45) is 5.73 Å². The molecule has 0 radical (unpaired) electrons. The zero-order chi connectivity index (χ0) is 12.2. The quantitative estimate of drug-likeness (QED) is 0.589. The molecule has 0 aromatic carbocycles. The summed E-state index contributed by atoms with van der Waals surface area (Å²) >= 11 is 0. The number of rotatable bonds is 5. The zero-order valence-corrected chi connectivity index (χ0v) is 9.36. The van der Waals surface area contributed by atoms with E-state index in [9.17, 15) is 9.59 Å². The number of nitrogens with two attached hydrogens (primary N) is 1. The SMILES string of the molecule is COC(CNC(=O)C1(N)CCCC1)C(=O)O. The largest absolute Gasteiger partial charge is 0.479 e.